The standard InChI is InChI=1S/C16H17N3O5S2/c1-24-16(21)19-8-7-12-13(9-19)25-15(17-12)18-14(20)10-26(22,23)11-5-3-2-4-6-11/h2-6H,7-10H2,1H3,(H,17,18,20). The average molecular weight is 395 g/mol. The van der Waals surface area contributed by atoms with Gasteiger partial charge in [-0.1, -0.05) is 29.5 Å². The van der Waals surface area contributed by atoms with Crippen LogP contribution in [-0.2, 0) is 32.3 Å². The maximum atomic E-state index is 12.2. The van der Waals surface area contributed by atoms with Crippen LogP contribution < -0.4 is 5.32 Å². The smallest absolute Gasteiger partial charge is 0.409 e. The van der Waals surface area contributed by atoms with E-state index in [0.717, 1.165) is 10.6 Å². The Labute approximate surface area is 154 Å². The monoisotopic (exact) mass is 395 g/mol. The van der Waals surface area contributed by atoms with Crippen molar-refractivity contribution in [2.45, 2.75) is 17.9 Å². The predicted octanol–water partition coefficient (Wildman–Crippen LogP) is 1.68. The highest BCUT2D eigenvalue weighted by atomic mass is 32.2. The van der Waals surface area contributed by atoms with Crippen LogP contribution in [0.25, 0.3) is 0 Å². The second kappa shape index (κ2) is 7.42. The summed E-state index contributed by atoms with van der Waals surface area (Å²) in [5.41, 5.74) is 0.802. The number of methoxy groups -OCH3 is 1. The van der Waals surface area contributed by atoms with Crippen LogP contribution in [0.1, 0.15) is 10.6 Å². The maximum Gasteiger partial charge on any atom is 0.409 e. The number of aromatic nitrogens is 1. The second-order valence-electron chi connectivity index (χ2n) is 5.65. The second-order valence-corrected chi connectivity index (χ2v) is 8.72. The Balaban J connectivity index is 1.66. The van der Waals surface area contributed by atoms with Gasteiger partial charge in [-0.25, -0.2) is 18.2 Å². The van der Waals surface area contributed by atoms with Crippen molar-refractivity contribution >= 4 is 38.3 Å². The van der Waals surface area contributed by atoms with Gasteiger partial charge in [0.15, 0.2) is 15.0 Å². The molecule has 0 atom stereocenters. The Kier molecular flexibility index (Phi) is 5.23. The summed E-state index contributed by atoms with van der Waals surface area (Å²) in [4.78, 5) is 30.6. The molecule has 0 aliphatic carbocycles. The zero-order chi connectivity index (χ0) is 18.7. The van der Waals surface area contributed by atoms with E-state index >= 15 is 0 Å². The van der Waals surface area contributed by atoms with E-state index in [4.69, 9.17) is 4.74 Å². The number of ether oxygens (including phenoxy) is 1. The lowest BCUT2D eigenvalue weighted by atomic mass is 10.2. The number of fused-ring (bicyclic) bond motifs is 1. The molecule has 1 aromatic heterocycles. The van der Waals surface area contributed by atoms with E-state index in [-0.39, 0.29) is 4.90 Å². The van der Waals surface area contributed by atoms with Crippen molar-refractivity contribution in [2.75, 3.05) is 24.7 Å². The van der Waals surface area contributed by atoms with Gasteiger partial charge in [-0.2, -0.15) is 0 Å². The normalized spacial score (nSPS) is 13.8. The number of anilines is 1. The molecule has 0 saturated heterocycles. The summed E-state index contributed by atoms with van der Waals surface area (Å²) in [7, 11) is -2.39. The fraction of sp³-hybridized carbons (Fsp3) is 0.312. The third-order valence-electron chi connectivity index (χ3n) is 3.83. The van der Waals surface area contributed by atoms with Crippen LogP contribution in [0.4, 0.5) is 9.93 Å². The molecule has 0 radical (unpaired) electrons. The molecule has 2 aromatic rings. The SMILES string of the molecule is COC(=O)N1CCc2nc(NC(=O)CS(=O)(=O)c3ccccc3)sc2C1. The minimum Gasteiger partial charge on any atom is -0.453 e. The molecule has 26 heavy (non-hydrogen) atoms. The Morgan fingerprint density at radius 3 is 2.73 bits per heavy atom. The molecule has 0 fully saturated rings. The highest BCUT2D eigenvalue weighted by Crippen LogP contribution is 2.28. The van der Waals surface area contributed by atoms with E-state index in [1.807, 2.05) is 0 Å². The zero-order valence-corrected chi connectivity index (χ0v) is 15.6. The molecule has 2 heterocycles. The lowest BCUT2D eigenvalue weighted by Gasteiger charge is -2.24. The number of nitrogens with one attached hydrogen (secondary N) is 1. The Bertz CT molecular complexity index is 925. The molecule has 0 saturated carbocycles. The fourth-order valence-corrected chi connectivity index (χ4v) is 4.77. The predicted molar refractivity (Wildman–Crippen MR) is 95.8 cm³/mol. The molecule has 0 unspecified atom stereocenters. The van der Waals surface area contributed by atoms with Gasteiger partial charge >= 0.3 is 6.09 Å². The van der Waals surface area contributed by atoms with Crippen molar-refractivity contribution < 1.29 is 22.7 Å². The van der Waals surface area contributed by atoms with Gasteiger partial charge in [-0.05, 0) is 12.1 Å². The van der Waals surface area contributed by atoms with Gasteiger partial charge in [0.05, 0.1) is 24.2 Å². The first-order chi connectivity index (χ1) is 12.4. The van der Waals surface area contributed by atoms with Crippen molar-refractivity contribution in [3.8, 4) is 0 Å². The number of carbonyl (C=O) groups is 2. The molecule has 1 aliphatic heterocycles. The Hall–Kier alpha value is -2.46. The molecule has 8 nitrogen and oxygen atoms in total. The van der Waals surface area contributed by atoms with Crippen LogP contribution >= 0.6 is 11.3 Å². The Morgan fingerprint density at radius 1 is 1.31 bits per heavy atom. The van der Waals surface area contributed by atoms with E-state index in [2.05, 4.69) is 10.3 Å². The lowest BCUT2D eigenvalue weighted by Crippen LogP contribution is -2.35. The van der Waals surface area contributed by atoms with E-state index in [0.29, 0.717) is 24.6 Å². The third kappa shape index (κ3) is 4.02. The summed E-state index contributed by atoms with van der Waals surface area (Å²) < 4.78 is 29.2. The summed E-state index contributed by atoms with van der Waals surface area (Å²) in [6.45, 7) is 0.844. The van der Waals surface area contributed by atoms with Gasteiger partial charge in [0.1, 0.15) is 5.75 Å². The van der Waals surface area contributed by atoms with Gasteiger partial charge < -0.3 is 15.0 Å². The van der Waals surface area contributed by atoms with E-state index in [1.54, 1.807) is 23.1 Å². The van der Waals surface area contributed by atoms with E-state index in [1.165, 1.54) is 30.6 Å². The van der Waals surface area contributed by atoms with Gasteiger partial charge in [-0.15, -0.1) is 0 Å². The van der Waals surface area contributed by atoms with Crippen LogP contribution in [-0.4, -0.2) is 49.7 Å². The van der Waals surface area contributed by atoms with Crippen LogP contribution in [0.5, 0.6) is 0 Å². The van der Waals surface area contributed by atoms with E-state index in [9.17, 15) is 18.0 Å². The number of rotatable bonds is 4. The van der Waals surface area contributed by atoms with Gasteiger partial charge in [0, 0.05) is 17.8 Å². The van der Waals surface area contributed by atoms with Crippen molar-refractivity contribution in [3.63, 3.8) is 0 Å². The number of hydrogen-bond acceptors (Lipinski definition) is 7. The molecule has 1 aromatic carbocycles. The topological polar surface area (TPSA) is 106 Å². The molecular formula is C16H17N3O5S2. The van der Waals surface area contributed by atoms with Gasteiger partial charge in [0.2, 0.25) is 5.91 Å². The molecule has 2 amide bonds. The summed E-state index contributed by atoms with van der Waals surface area (Å²) in [5.74, 6) is -1.31. The van der Waals surface area contributed by atoms with E-state index < -0.39 is 27.6 Å². The number of thiazole rings is 1. The molecule has 138 valence electrons. The number of sulfone groups is 1. The first-order valence-corrected chi connectivity index (χ1v) is 10.2. The fourth-order valence-electron chi connectivity index (χ4n) is 2.57. The highest BCUT2D eigenvalue weighted by molar-refractivity contribution is 7.92. The van der Waals surface area contributed by atoms with Crippen molar-refractivity contribution in [1.29, 1.82) is 0 Å². The lowest BCUT2D eigenvalue weighted by molar-refractivity contribution is -0.113. The number of amides is 2. The van der Waals surface area contributed by atoms with Crippen molar-refractivity contribution in [3.05, 3.63) is 40.9 Å². The Morgan fingerprint density at radius 2 is 2.04 bits per heavy atom. The summed E-state index contributed by atoms with van der Waals surface area (Å²) in [6, 6.07) is 7.81. The van der Waals surface area contributed by atoms with Crippen LogP contribution in [0.2, 0.25) is 0 Å². The molecule has 0 spiro atoms. The largest absolute Gasteiger partial charge is 0.453 e. The van der Waals surface area contributed by atoms with Crippen LogP contribution in [0, 0.1) is 0 Å². The van der Waals surface area contributed by atoms with Gasteiger partial charge in [0.25, 0.3) is 0 Å². The van der Waals surface area contributed by atoms with Crippen LogP contribution in [0.15, 0.2) is 35.2 Å². The molecule has 10 heteroatoms. The molecule has 1 aliphatic rings. The summed E-state index contributed by atoms with van der Waals surface area (Å²) in [5, 5.41) is 2.87. The zero-order valence-electron chi connectivity index (χ0n) is 14.0. The minimum atomic E-state index is -3.71. The number of hydrogen-bond donors (Lipinski definition) is 1. The van der Waals surface area contributed by atoms with Crippen LogP contribution in [0.3, 0.4) is 0 Å². The van der Waals surface area contributed by atoms with Crippen molar-refractivity contribution in [2.24, 2.45) is 0 Å². The third-order valence-corrected chi connectivity index (χ3v) is 6.46. The van der Waals surface area contributed by atoms with Crippen molar-refractivity contribution in [1.82, 2.24) is 9.88 Å². The molecule has 1 N–H and O–H groups in total. The first-order valence-electron chi connectivity index (χ1n) is 7.78. The highest BCUT2D eigenvalue weighted by Gasteiger charge is 2.26. The van der Waals surface area contributed by atoms with Gasteiger partial charge in [-0.3, -0.25) is 4.79 Å². The quantitative estimate of drug-likeness (QED) is 0.844. The number of carbonyl (C=O) groups excluding carboxylic acids is 2. The molecular weight excluding hydrogens is 378 g/mol. The summed E-state index contributed by atoms with van der Waals surface area (Å²) in [6.07, 6.45) is 0.141. The first kappa shape index (κ1) is 18.3. The average Bonchev–Trinajstić information content (AvgIpc) is 3.02. The maximum absolute atomic E-state index is 12.2. The molecule has 3 rings (SSSR count). The number of benzene rings is 1. The number of nitrogens with zero attached hydrogens (tertiary/aromatic N) is 2. The molecule has 0 bridgehead atoms. The summed E-state index contributed by atoms with van der Waals surface area (Å²) >= 11 is 1.23. The minimum absolute atomic E-state index is 0.0994.